The molecule has 6 nitrogen and oxygen atoms in total. The Morgan fingerprint density at radius 3 is 2.29 bits per heavy atom. The van der Waals surface area contributed by atoms with Crippen LogP contribution in [0.25, 0.3) is 0 Å². The van der Waals surface area contributed by atoms with Crippen molar-refractivity contribution in [3.63, 3.8) is 0 Å². The number of carbonyl (C=O) groups excluding carboxylic acids is 2. The van der Waals surface area contributed by atoms with Gasteiger partial charge in [0.2, 0.25) is 0 Å². The number of piperidine rings is 1. The van der Waals surface area contributed by atoms with Crippen LogP contribution < -0.4 is 14.4 Å². The summed E-state index contributed by atoms with van der Waals surface area (Å²) in [6, 6.07) is 15.9. The molecule has 3 rings (SSSR count). The molecule has 0 spiro atoms. The van der Waals surface area contributed by atoms with E-state index < -0.39 is 6.09 Å². The Morgan fingerprint density at radius 1 is 1.00 bits per heavy atom. The summed E-state index contributed by atoms with van der Waals surface area (Å²) >= 11 is 0. The molecule has 1 heterocycles. The van der Waals surface area contributed by atoms with E-state index in [0.717, 1.165) is 25.9 Å². The molecule has 0 radical (unpaired) electrons. The Bertz CT molecular complexity index is 784. The second-order valence-corrected chi connectivity index (χ2v) is 7.09. The quantitative estimate of drug-likeness (QED) is 0.785. The number of para-hydroxylation sites is 1. The van der Waals surface area contributed by atoms with Crippen molar-refractivity contribution in [3.05, 3.63) is 54.6 Å². The number of hydrogen-bond acceptors (Lipinski definition) is 4. The van der Waals surface area contributed by atoms with Gasteiger partial charge < -0.3 is 14.4 Å². The van der Waals surface area contributed by atoms with Gasteiger partial charge in [-0.15, -0.1) is 0 Å². The third-order valence-electron chi connectivity index (χ3n) is 4.94. The van der Waals surface area contributed by atoms with Gasteiger partial charge in [-0.05, 0) is 55.2 Å². The van der Waals surface area contributed by atoms with Crippen LogP contribution in [-0.2, 0) is 4.79 Å². The zero-order valence-electron chi connectivity index (χ0n) is 16.3. The van der Waals surface area contributed by atoms with Crippen molar-refractivity contribution in [2.45, 2.75) is 19.8 Å². The topological polar surface area (TPSA) is 59.1 Å². The van der Waals surface area contributed by atoms with E-state index in [-0.39, 0.29) is 12.5 Å². The molecule has 0 saturated carbocycles. The Hall–Kier alpha value is -3.02. The highest BCUT2D eigenvalue weighted by Crippen LogP contribution is 2.21. The molecule has 28 heavy (non-hydrogen) atoms. The predicted octanol–water partition coefficient (Wildman–Crippen LogP) is 3.96. The molecule has 0 unspecified atom stereocenters. The van der Waals surface area contributed by atoms with Crippen LogP contribution in [-0.4, -0.2) is 43.6 Å². The van der Waals surface area contributed by atoms with E-state index in [2.05, 4.69) is 6.92 Å². The number of carbonyl (C=O) groups is 2. The minimum Gasteiger partial charge on any atom is -0.484 e. The van der Waals surface area contributed by atoms with Gasteiger partial charge in [-0.1, -0.05) is 25.1 Å². The molecule has 2 aromatic carbocycles. The van der Waals surface area contributed by atoms with Gasteiger partial charge in [0.15, 0.2) is 6.61 Å². The molecular weight excluding hydrogens is 356 g/mol. The summed E-state index contributed by atoms with van der Waals surface area (Å²) in [5, 5.41) is 0. The highest BCUT2D eigenvalue weighted by Gasteiger charge is 2.20. The number of ether oxygens (including phenoxy) is 2. The maximum Gasteiger partial charge on any atom is 0.419 e. The van der Waals surface area contributed by atoms with Gasteiger partial charge in [-0.3, -0.25) is 9.69 Å². The Labute approximate surface area is 165 Å². The fourth-order valence-corrected chi connectivity index (χ4v) is 3.02. The lowest BCUT2D eigenvalue weighted by Gasteiger charge is -2.30. The van der Waals surface area contributed by atoms with Gasteiger partial charge in [-0.25, -0.2) is 4.79 Å². The number of hydrogen-bond donors (Lipinski definition) is 0. The third-order valence-corrected chi connectivity index (χ3v) is 4.94. The number of benzene rings is 2. The number of rotatable bonds is 5. The van der Waals surface area contributed by atoms with Gasteiger partial charge in [0.05, 0.1) is 0 Å². The first-order valence-electron chi connectivity index (χ1n) is 9.54. The van der Waals surface area contributed by atoms with Crippen molar-refractivity contribution in [1.82, 2.24) is 4.90 Å². The average molecular weight is 382 g/mol. The molecule has 2 aromatic rings. The largest absolute Gasteiger partial charge is 0.484 e. The predicted molar refractivity (Wildman–Crippen MR) is 108 cm³/mol. The normalized spacial score (nSPS) is 14.4. The van der Waals surface area contributed by atoms with E-state index in [4.69, 9.17) is 9.47 Å². The molecule has 1 saturated heterocycles. The summed E-state index contributed by atoms with van der Waals surface area (Å²) < 4.78 is 10.9. The molecular formula is C22H26N2O4. The van der Waals surface area contributed by atoms with Gasteiger partial charge >= 0.3 is 6.09 Å². The van der Waals surface area contributed by atoms with Crippen LogP contribution in [0.2, 0.25) is 0 Å². The number of likely N-dealkylation sites (tertiary alicyclic amines) is 1. The van der Waals surface area contributed by atoms with Gasteiger partial charge in [0, 0.05) is 25.8 Å². The molecule has 1 aliphatic heterocycles. The van der Waals surface area contributed by atoms with Crippen LogP contribution in [0.5, 0.6) is 11.5 Å². The first-order valence-corrected chi connectivity index (χ1v) is 9.54. The van der Waals surface area contributed by atoms with Crippen molar-refractivity contribution in [2.75, 3.05) is 31.6 Å². The lowest BCUT2D eigenvalue weighted by molar-refractivity contribution is -0.134. The summed E-state index contributed by atoms with van der Waals surface area (Å²) in [7, 11) is 1.64. The average Bonchev–Trinajstić information content (AvgIpc) is 2.73. The van der Waals surface area contributed by atoms with Crippen molar-refractivity contribution in [1.29, 1.82) is 0 Å². The lowest BCUT2D eigenvalue weighted by Crippen LogP contribution is -2.40. The fraction of sp³-hybridized carbons (Fsp3) is 0.364. The van der Waals surface area contributed by atoms with Crippen molar-refractivity contribution >= 4 is 17.7 Å². The number of amides is 2. The summed E-state index contributed by atoms with van der Waals surface area (Å²) in [5.74, 6) is 1.78. The zero-order valence-corrected chi connectivity index (χ0v) is 16.3. The maximum absolute atomic E-state index is 12.2. The summed E-state index contributed by atoms with van der Waals surface area (Å²) in [5.41, 5.74) is 0.671. The summed E-state index contributed by atoms with van der Waals surface area (Å²) in [4.78, 5) is 27.8. The second-order valence-electron chi connectivity index (χ2n) is 7.09. The van der Waals surface area contributed by atoms with Crippen molar-refractivity contribution in [3.8, 4) is 11.5 Å². The smallest absolute Gasteiger partial charge is 0.419 e. The minimum atomic E-state index is -0.477. The minimum absolute atomic E-state index is 0.0135. The van der Waals surface area contributed by atoms with E-state index in [0.29, 0.717) is 23.1 Å². The second kappa shape index (κ2) is 9.26. The van der Waals surface area contributed by atoms with E-state index >= 15 is 0 Å². The first kappa shape index (κ1) is 19.7. The molecule has 2 amide bonds. The number of anilines is 1. The van der Waals surface area contributed by atoms with Crippen LogP contribution in [0.4, 0.5) is 10.5 Å². The monoisotopic (exact) mass is 382 g/mol. The van der Waals surface area contributed by atoms with Crippen LogP contribution >= 0.6 is 0 Å². The maximum atomic E-state index is 12.2. The van der Waals surface area contributed by atoms with Crippen LogP contribution in [0.1, 0.15) is 19.8 Å². The Balaban J connectivity index is 1.50. The Kier molecular flexibility index (Phi) is 6.53. The summed E-state index contributed by atoms with van der Waals surface area (Å²) in [6.45, 7) is 3.85. The fourth-order valence-electron chi connectivity index (χ4n) is 3.02. The van der Waals surface area contributed by atoms with Crippen LogP contribution in [0.3, 0.4) is 0 Å². The van der Waals surface area contributed by atoms with Gasteiger partial charge in [0.1, 0.15) is 11.5 Å². The molecule has 148 valence electrons. The number of nitrogens with zero attached hydrogens (tertiary/aromatic N) is 2. The molecule has 0 aliphatic carbocycles. The van der Waals surface area contributed by atoms with Gasteiger partial charge in [-0.2, -0.15) is 0 Å². The van der Waals surface area contributed by atoms with Crippen LogP contribution in [0, 0.1) is 5.92 Å². The van der Waals surface area contributed by atoms with Gasteiger partial charge in [0.25, 0.3) is 5.91 Å². The van der Waals surface area contributed by atoms with E-state index in [1.807, 2.05) is 11.0 Å². The highest BCUT2D eigenvalue weighted by molar-refractivity contribution is 5.88. The molecule has 0 N–H and O–H groups in total. The Morgan fingerprint density at radius 2 is 1.64 bits per heavy atom. The third kappa shape index (κ3) is 5.25. The standard InChI is InChI=1S/C22H26N2O4/c1-17-12-14-24(15-13-17)21(25)16-27-19-10-8-18(9-11-19)23(2)22(26)28-20-6-4-3-5-7-20/h3-11,17H,12-16H2,1-2H3. The highest BCUT2D eigenvalue weighted by atomic mass is 16.6. The van der Waals surface area contributed by atoms with Crippen LogP contribution in [0.15, 0.2) is 54.6 Å². The lowest BCUT2D eigenvalue weighted by atomic mass is 9.99. The molecule has 0 bridgehead atoms. The van der Waals surface area contributed by atoms with E-state index in [1.165, 1.54) is 4.90 Å². The van der Waals surface area contributed by atoms with Crippen molar-refractivity contribution < 1.29 is 19.1 Å². The first-order chi connectivity index (χ1) is 13.5. The molecule has 1 fully saturated rings. The zero-order chi connectivity index (χ0) is 19.9. The SMILES string of the molecule is CC1CCN(C(=O)COc2ccc(N(C)C(=O)Oc3ccccc3)cc2)CC1. The van der Waals surface area contributed by atoms with Crippen molar-refractivity contribution in [2.24, 2.45) is 5.92 Å². The van der Waals surface area contributed by atoms with E-state index in [9.17, 15) is 9.59 Å². The molecule has 1 aliphatic rings. The molecule has 0 aromatic heterocycles. The molecule has 0 atom stereocenters. The summed E-state index contributed by atoms with van der Waals surface area (Å²) in [6.07, 6.45) is 1.62. The van der Waals surface area contributed by atoms with E-state index in [1.54, 1.807) is 55.6 Å². The molecule has 6 heteroatoms.